The quantitative estimate of drug-likeness (QED) is 0.400. The van der Waals surface area contributed by atoms with Crippen LogP contribution in [-0.4, -0.2) is 21.3 Å². The van der Waals surface area contributed by atoms with Crippen molar-refractivity contribution in [2.75, 3.05) is 0 Å². The van der Waals surface area contributed by atoms with E-state index < -0.39 is 21.7 Å². The smallest absolute Gasteiger partial charge is 0.212 e. The van der Waals surface area contributed by atoms with Crippen LogP contribution in [0.2, 0.25) is 41.3 Å². The first-order valence-electron chi connectivity index (χ1n) is 9.48. The maximum atomic E-state index is 11.5. The molecule has 148 valence electrons. The molecule has 0 atom stereocenters. The van der Waals surface area contributed by atoms with Gasteiger partial charge >= 0.3 is 0 Å². The van der Waals surface area contributed by atoms with Gasteiger partial charge in [0.15, 0.2) is 0 Å². The van der Waals surface area contributed by atoms with E-state index in [1.807, 2.05) is 12.1 Å². The number of aliphatic hydroxyl groups is 1. The number of rotatable bonds is 1. The van der Waals surface area contributed by atoms with Crippen molar-refractivity contribution in [3.8, 4) is 22.9 Å². The second-order valence-electron chi connectivity index (χ2n) is 10.5. The van der Waals surface area contributed by atoms with Gasteiger partial charge in [0.25, 0.3) is 0 Å². The van der Waals surface area contributed by atoms with E-state index in [1.165, 1.54) is 0 Å². The number of hydrogen-bond donors (Lipinski definition) is 1. The predicted molar refractivity (Wildman–Crippen MR) is 125 cm³/mol. The second-order valence-corrected chi connectivity index (χ2v) is 20.9. The van der Waals surface area contributed by atoms with Gasteiger partial charge in [-0.25, -0.2) is 0 Å². The van der Waals surface area contributed by atoms with Crippen molar-refractivity contribution in [2.45, 2.75) is 83.4 Å². The predicted octanol–water partition coefficient (Wildman–Crippen LogP) is 6.63. The van der Waals surface area contributed by atoms with Crippen molar-refractivity contribution in [3.05, 3.63) is 34.9 Å². The Hall–Kier alpha value is -0.976. The van der Waals surface area contributed by atoms with Gasteiger partial charge in [0.05, 0.1) is 0 Å². The molecule has 0 radical (unpaired) electrons. The maximum Gasteiger partial charge on any atom is 0.212 e. The van der Waals surface area contributed by atoms with Crippen LogP contribution in [0.25, 0.3) is 0 Å². The summed E-state index contributed by atoms with van der Waals surface area (Å²) in [4.78, 5) is 0. The molecule has 0 heterocycles. The fourth-order valence-corrected chi connectivity index (χ4v) is 3.60. The lowest BCUT2D eigenvalue weighted by Crippen LogP contribution is -2.37. The van der Waals surface area contributed by atoms with Crippen molar-refractivity contribution < 1.29 is 5.11 Å². The molecule has 0 aliphatic rings. The molecule has 0 aliphatic heterocycles. The minimum absolute atomic E-state index is 0.119. The SMILES string of the molecule is CC(C)(C)[Si](C)(C)C#CC(O)(C#C[Si](C)(C)C(C)(C)C)c1ccc(Cl)cc1. The van der Waals surface area contributed by atoms with E-state index in [0.29, 0.717) is 10.6 Å². The van der Waals surface area contributed by atoms with E-state index in [0.717, 1.165) is 0 Å². The molecule has 0 fully saturated rings. The molecule has 0 unspecified atom stereocenters. The fourth-order valence-electron chi connectivity index (χ4n) is 1.74. The highest BCUT2D eigenvalue weighted by Gasteiger charge is 2.37. The van der Waals surface area contributed by atoms with Crippen LogP contribution in [0.5, 0.6) is 0 Å². The van der Waals surface area contributed by atoms with Gasteiger partial charge in [0.2, 0.25) is 5.60 Å². The molecule has 0 aliphatic carbocycles. The molecule has 0 amide bonds. The van der Waals surface area contributed by atoms with E-state index in [9.17, 15) is 5.11 Å². The molecule has 1 N–H and O–H groups in total. The van der Waals surface area contributed by atoms with Gasteiger partial charge in [-0.3, -0.25) is 0 Å². The van der Waals surface area contributed by atoms with Gasteiger partial charge in [0, 0.05) is 10.6 Å². The molecule has 27 heavy (non-hydrogen) atoms. The lowest BCUT2D eigenvalue weighted by Gasteiger charge is -2.33. The van der Waals surface area contributed by atoms with Gasteiger partial charge in [-0.1, -0.05) is 103 Å². The molecule has 0 bridgehead atoms. The van der Waals surface area contributed by atoms with Crippen LogP contribution < -0.4 is 0 Å². The van der Waals surface area contributed by atoms with E-state index in [4.69, 9.17) is 11.6 Å². The highest BCUT2D eigenvalue weighted by molar-refractivity contribution is 6.88. The highest BCUT2D eigenvalue weighted by Crippen LogP contribution is 2.37. The van der Waals surface area contributed by atoms with Crippen molar-refractivity contribution >= 4 is 27.7 Å². The van der Waals surface area contributed by atoms with Crippen molar-refractivity contribution in [1.29, 1.82) is 0 Å². The normalized spacial score (nSPS) is 13.3. The third-order valence-corrected chi connectivity index (χ3v) is 15.4. The summed E-state index contributed by atoms with van der Waals surface area (Å²) in [5.74, 6) is 6.35. The van der Waals surface area contributed by atoms with Gasteiger partial charge in [-0.15, -0.1) is 11.1 Å². The van der Waals surface area contributed by atoms with Crippen molar-refractivity contribution in [2.24, 2.45) is 0 Å². The van der Waals surface area contributed by atoms with Gasteiger partial charge in [-0.2, -0.15) is 0 Å². The Morgan fingerprint density at radius 3 is 1.37 bits per heavy atom. The first kappa shape index (κ1) is 24.1. The lowest BCUT2D eigenvalue weighted by atomic mass is 9.96. The highest BCUT2D eigenvalue weighted by atomic mass is 35.5. The maximum absolute atomic E-state index is 11.5. The summed E-state index contributed by atoms with van der Waals surface area (Å²) in [5, 5.41) is 12.4. The largest absolute Gasteiger partial charge is 0.364 e. The van der Waals surface area contributed by atoms with Crippen molar-refractivity contribution in [3.63, 3.8) is 0 Å². The minimum atomic E-state index is -1.87. The summed E-state index contributed by atoms with van der Waals surface area (Å²) < 4.78 is 0. The summed E-state index contributed by atoms with van der Waals surface area (Å²) in [7, 11) is -3.75. The Kier molecular flexibility index (Phi) is 6.95. The standard InChI is InChI=1S/C23H35ClOSi2/c1-21(2,3)26(7,8)17-15-23(25,19-11-13-20(24)14-12-19)16-18-27(9,10)22(4,5)6/h11-14,25H,1-10H3. The summed E-state index contributed by atoms with van der Waals surface area (Å²) >= 11 is 6.04. The van der Waals surface area contributed by atoms with Crippen LogP contribution in [0.3, 0.4) is 0 Å². The average molecular weight is 419 g/mol. The van der Waals surface area contributed by atoms with E-state index in [1.54, 1.807) is 12.1 Å². The molecule has 1 aromatic carbocycles. The topological polar surface area (TPSA) is 20.2 Å². The average Bonchev–Trinajstić information content (AvgIpc) is 2.49. The Bertz CT molecular complexity index is 742. The zero-order valence-electron chi connectivity index (χ0n) is 18.6. The zero-order chi connectivity index (χ0) is 21.3. The molecule has 0 spiro atoms. The monoisotopic (exact) mass is 418 g/mol. The van der Waals surface area contributed by atoms with Crippen LogP contribution in [-0.2, 0) is 5.60 Å². The van der Waals surface area contributed by atoms with Gasteiger partial charge < -0.3 is 5.11 Å². The van der Waals surface area contributed by atoms with Crippen molar-refractivity contribution in [1.82, 2.24) is 0 Å². The molecular formula is C23H35ClOSi2. The molecule has 1 nitrogen and oxygen atoms in total. The van der Waals surface area contributed by atoms with Crippen LogP contribution in [0, 0.1) is 22.9 Å². The Balaban J connectivity index is 3.56. The van der Waals surface area contributed by atoms with E-state index >= 15 is 0 Å². The van der Waals surface area contributed by atoms with Crippen LogP contribution in [0.1, 0.15) is 47.1 Å². The first-order valence-corrected chi connectivity index (χ1v) is 15.9. The first-order chi connectivity index (χ1) is 11.9. The zero-order valence-corrected chi connectivity index (χ0v) is 21.4. The molecule has 1 aromatic rings. The second kappa shape index (κ2) is 7.80. The lowest BCUT2D eigenvalue weighted by molar-refractivity contribution is 0.165. The Morgan fingerprint density at radius 1 is 0.741 bits per heavy atom. The Morgan fingerprint density at radius 2 is 1.07 bits per heavy atom. The number of halogens is 1. The van der Waals surface area contributed by atoms with Crippen LogP contribution in [0.15, 0.2) is 24.3 Å². The van der Waals surface area contributed by atoms with Gasteiger partial charge in [-0.05, 0) is 22.2 Å². The summed E-state index contributed by atoms with van der Waals surface area (Å²) in [6.45, 7) is 22.3. The van der Waals surface area contributed by atoms with Crippen LogP contribution in [0.4, 0.5) is 0 Å². The molecule has 1 rings (SSSR count). The summed E-state index contributed by atoms with van der Waals surface area (Å²) in [6, 6.07) is 7.21. The Labute approximate surface area is 173 Å². The summed E-state index contributed by atoms with van der Waals surface area (Å²) in [5.41, 5.74) is 6.10. The molecule has 4 heteroatoms. The summed E-state index contributed by atoms with van der Waals surface area (Å²) in [6.07, 6.45) is 0. The minimum Gasteiger partial charge on any atom is -0.364 e. The number of benzene rings is 1. The molecule has 0 saturated heterocycles. The van der Waals surface area contributed by atoms with Gasteiger partial charge in [0.1, 0.15) is 16.1 Å². The fraction of sp³-hybridized carbons (Fsp3) is 0.565. The van der Waals surface area contributed by atoms with E-state index in [-0.39, 0.29) is 10.1 Å². The molecule has 0 saturated carbocycles. The molecular weight excluding hydrogens is 384 g/mol. The molecule has 0 aromatic heterocycles. The van der Waals surface area contributed by atoms with Crippen LogP contribution >= 0.6 is 11.6 Å². The third kappa shape index (κ3) is 6.00. The number of hydrogen-bond acceptors (Lipinski definition) is 1. The third-order valence-electron chi connectivity index (χ3n) is 6.12. The van der Waals surface area contributed by atoms with E-state index in [2.05, 4.69) is 90.7 Å².